The first-order valence-corrected chi connectivity index (χ1v) is 6.37. The SMILES string of the molecule is Cc1cc(C)c(C(O)COCC(=O)O)c(C)c1Br. The number of aliphatic hydroxyl groups is 1. The van der Waals surface area contributed by atoms with Gasteiger partial charge >= 0.3 is 5.97 Å². The average Bonchev–Trinajstić information content (AvgIpc) is 2.25. The van der Waals surface area contributed by atoms with Gasteiger partial charge in [0.05, 0.1) is 6.61 Å². The first-order chi connectivity index (χ1) is 8.34. The van der Waals surface area contributed by atoms with E-state index in [1.807, 2.05) is 26.8 Å². The number of hydrogen-bond donors (Lipinski definition) is 2. The molecule has 100 valence electrons. The van der Waals surface area contributed by atoms with Crippen LogP contribution in [-0.2, 0) is 9.53 Å². The van der Waals surface area contributed by atoms with Crippen LogP contribution in [0.2, 0.25) is 0 Å². The van der Waals surface area contributed by atoms with Gasteiger partial charge in [0.25, 0.3) is 0 Å². The number of ether oxygens (including phenoxy) is 1. The molecule has 1 aromatic carbocycles. The van der Waals surface area contributed by atoms with Crippen molar-refractivity contribution >= 4 is 21.9 Å². The number of carbonyl (C=O) groups is 1. The molecule has 1 rings (SSSR count). The Kier molecular flexibility index (Phi) is 5.31. The highest BCUT2D eigenvalue weighted by Gasteiger charge is 2.17. The number of aliphatic carboxylic acids is 1. The minimum absolute atomic E-state index is 0.0243. The van der Waals surface area contributed by atoms with Gasteiger partial charge < -0.3 is 14.9 Å². The second-order valence-corrected chi connectivity index (χ2v) is 5.08. The zero-order valence-corrected chi connectivity index (χ0v) is 12.2. The summed E-state index contributed by atoms with van der Waals surface area (Å²) in [6, 6.07) is 1.98. The van der Waals surface area contributed by atoms with Crippen molar-refractivity contribution in [3.8, 4) is 0 Å². The van der Waals surface area contributed by atoms with Crippen LogP contribution in [0, 0.1) is 20.8 Å². The van der Waals surface area contributed by atoms with Crippen LogP contribution in [0.4, 0.5) is 0 Å². The van der Waals surface area contributed by atoms with Crippen molar-refractivity contribution in [2.75, 3.05) is 13.2 Å². The summed E-state index contributed by atoms with van der Waals surface area (Å²) in [7, 11) is 0. The molecule has 0 aromatic heterocycles. The third kappa shape index (κ3) is 3.54. The zero-order valence-electron chi connectivity index (χ0n) is 10.7. The molecule has 1 aromatic rings. The van der Waals surface area contributed by atoms with Gasteiger partial charge in [-0.15, -0.1) is 0 Å². The molecular formula is C13H17BrO4. The maximum Gasteiger partial charge on any atom is 0.329 e. The highest BCUT2D eigenvalue weighted by atomic mass is 79.9. The molecule has 4 nitrogen and oxygen atoms in total. The largest absolute Gasteiger partial charge is 0.480 e. The minimum atomic E-state index is -1.04. The summed E-state index contributed by atoms with van der Waals surface area (Å²) in [6.45, 7) is 5.40. The highest BCUT2D eigenvalue weighted by Crippen LogP contribution is 2.31. The van der Waals surface area contributed by atoms with Gasteiger partial charge in [0, 0.05) is 4.47 Å². The van der Waals surface area contributed by atoms with Gasteiger partial charge in [-0.3, -0.25) is 0 Å². The second kappa shape index (κ2) is 6.31. The van der Waals surface area contributed by atoms with E-state index in [1.54, 1.807) is 0 Å². The van der Waals surface area contributed by atoms with Crippen LogP contribution in [0.1, 0.15) is 28.4 Å². The fraction of sp³-hybridized carbons (Fsp3) is 0.462. The number of benzene rings is 1. The number of rotatable bonds is 5. The maximum absolute atomic E-state index is 10.3. The lowest BCUT2D eigenvalue weighted by Crippen LogP contribution is -2.15. The lowest BCUT2D eigenvalue weighted by atomic mass is 9.96. The van der Waals surface area contributed by atoms with Crippen molar-refractivity contribution in [2.24, 2.45) is 0 Å². The molecule has 0 saturated heterocycles. The first kappa shape index (κ1) is 15.1. The number of halogens is 1. The summed E-state index contributed by atoms with van der Waals surface area (Å²) in [4.78, 5) is 10.3. The van der Waals surface area contributed by atoms with Crippen LogP contribution in [-0.4, -0.2) is 29.4 Å². The zero-order chi connectivity index (χ0) is 13.9. The Labute approximate surface area is 115 Å². The van der Waals surface area contributed by atoms with Crippen molar-refractivity contribution < 1.29 is 19.7 Å². The standard InChI is InChI=1S/C13H17BrO4/c1-7-4-8(2)13(14)9(3)12(7)10(15)5-18-6-11(16)17/h4,10,15H,5-6H2,1-3H3,(H,16,17). The van der Waals surface area contributed by atoms with Gasteiger partial charge in [-0.05, 0) is 43.0 Å². The maximum atomic E-state index is 10.3. The minimum Gasteiger partial charge on any atom is -0.480 e. The normalized spacial score (nSPS) is 12.5. The number of carboxylic acids is 1. The molecule has 1 unspecified atom stereocenters. The third-order valence-corrected chi connectivity index (χ3v) is 3.99. The Morgan fingerprint density at radius 1 is 1.39 bits per heavy atom. The highest BCUT2D eigenvalue weighted by molar-refractivity contribution is 9.10. The van der Waals surface area contributed by atoms with E-state index >= 15 is 0 Å². The van der Waals surface area contributed by atoms with Crippen molar-refractivity contribution in [1.29, 1.82) is 0 Å². The van der Waals surface area contributed by atoms with E-state index in [2.05, 4.69) is 15.9 Å². The van der Waals surface area contributed by atoms with E-state index in [0.717, 1.165) is 26.7 Å². The Morgan fingerprint density at radius 2 is 2.00 bits per heavy atom. The number of aryl methyl sites for hydroxylation is 2. The molecule has 2 N–H and O–H groups in total. The number of hydrogen-bond acceptors (Lipinski definition) is 3. The second-order valence-electron chi connectivity index (χ2n) is 4.29. The van der Waals surface area contributed by atoms with Gasteiger partial charge in [-0.1, -0.05) is 22.0 Å². The topological polar surface area (TPSA) is 66.8 Å². The molecule has 0 fully saturated rings. The fourth-order valence-electron chi connectivity index (χ4n) is 2.03. The van der Waals surface area contributed by atoms with Crippen LogP contribution >= 0.6 is 15.9 Å². The predicted molar refractivity (Wildman–Crippen MR) is 71.8 cm³/mol. The molecule has 0 bridgehead atoms. The van der Waals surface area contributed by atoms with Gasteiger partial charge in [0.2, 0.25) is 0 Å². The van der Waals surface area contributed by atoms with Crippen LogP contribution in [0.25, 0.3) is 0 Å². The Morgan fingerprint density at radius 3 is 2.56 bits per heavy atom. The van der Waals surface area contributed by atoms with Crippen LogP contribution in [0.3, 0.4) is 0 Å². The summed E-state index contributed by atoms with van der Waals surface area (Å²) in [5.41, 5.74) is 3.82. The third-order valence-electron chi connectivity index (χ3n) is 2.77. The molecule has 18 heavy (non-hydrogen) atoms. The smallest absolute Gasteiger partial charge is 0.329 e. The number of carboxylic acid groups (broad SMARTS) is 1. The molecule has 0 aliphatic rings. The molecule has 1 atom stereocenters. The monoisotopic (exact) mass is 316 g/mol. The lowest BCUT2D eigenvalue weighted by molar-refractivity contribution is -0.143. The van der Waals surface area contributed by atoms with Crippen molar-refractivity contribution in [3.63, 3.8) is 0 Å². The molecule has 0 saturated carbocycles. The Bertz CT molecular complexity index is 457. The predicted octanol–water partition coefficient (Wildman–Crippen LogP) is 2.51. The Hall–Kier alpha value is -0.910. The van der Waals surface area contributed by atoms with Crippen molar-refractivity contribution in [3.05, 3.63) is 32.8 Å². The van der Waals surface area contributed by atoms with Crippen LogP contribution in [0.15, 0.2) is 10.5 Å². The van der Waals surface area contributed by atoms with Gasteiger partial charge in [0.15, 0.2) is 0 Å². The van der Waals surface area contributed by atoms with E-state index < -0.39 is 18.7 Å². The van der Waals surface area contributed by atoms with E-state index in [1.165, 1.54) is 0 Å². The average molecular weight is 317 g/mol. The van der Waals surface area contributed by atoms with Crippen LogP contribution < -0.4 is 0 Å². The lowest BCUT2D eigenvalue weighted by Gasteiger charge is -2.19. The molecule has 0 radical (unpaired) electrons. The Balaban J connectivity index is 2.89. The van der Waals surface area contributed by atoms with Gasteiger partial charge in [-0.2, -0.15) is 0 Å². The molecular weight excluding hydrogens is 300 g/mol. The first-order valence-electron chi connectivity index (χ1n) is 5.58. The summed E-state index contributed by atoms with van der Waals surface area (Å²) >= 11 is 3.48. The molecule has 5 heteroatoms. The van der Waals surface area contributed by atoms with Crippen LogP contribution in [0.5, 0.6) is 0 Å². The molecule has 0 aliphatic carbocycles. The van der Waals surface area contributed by atoms with E-state index in [0.29, 0.717) is 0 Å². The number of aliphatic hydroxyl groups excluding tert-OH is 1. The van der Waals surface area contributed by atoms with Crippen molar-refractivity contribution in [2.45, 2.75) is 26.9 Å². The van der Waals surface area contributed by atoms with Crippen molar-refractivity contribution in [1.82, 2.24) is 0 Å². The molecule has 0 heterocycles. The fourth-order valence-corrected chi connectivity index (χ4v) is 2.36. The van der Waals surface area contributed by atoms with E-state index in [9.17, 15) is 9.90 Å². The molecule has 0 aliphatic heterocycles. The van der Waals surface area contributed by atoms with Gasteiger partial charge in [-0.25, -0.2) is 4.79 Å². The van der Waals surface area contributed by atoms with Gasteiger partial charge in [0.1, 0.15) is 12.7 Å². The summed E-state index contributed by atoms with van der Waals surface area (Å²) in [5, 5.41) is 18.5. The quantitative estimate of drug-likeness (QED) is 0.876. The summed E-state index contributed by atoms with van der Waals surface area (Å²) in [6.07, 6.45) is -0.818. The molecule has 0 amide bonds. The summed E-state index contributed by atoms with van der Waals surface area (Å²) in [5.74, 6) is -1.04. The van der Waals surface area contributed by atoms with E-state index in [-0.39, 0.29) is 6.61 Å². The van der Waals surface area contributed by atoms with E-state index in [4.69, 9.17) is 9.84 Å². The molecule has 0 spiro atoms. The summed E-state index contributed by atoms with van der Waals surface area (Å²) < 4.78 is 5.89.